The van der Waals surface area contributed by atoms with Crippen LogP contribution in [0.15, 0.2) is 34.8 Å². The van der Waals surface area contributed by atoms with Crippen LogP contribution in [-0.4, -0.2) is 56.2 Å². The van der Waals surface area contributed by atoms with Crippen LogP contribution in [0, 0.1) is 23.7 Å². The van der Waals surface area contributed by atoms with Gasteiger partial charge in [-0.05, 0) is 67.3 Å². The Labute approximate surface area is 205 Å². The van der Waals surface area contributed by atoms with Crippen LogP contribution >= 0.6 is 0 Å². The number of benzene rings is 1. The third kappa shape index (κ3) is 4.45. The van der Waals surface area contributed by atoms with Crippen LogP contribution in [0.5, 0.6) is 5.75 Å². The Bertz CT molecular complexity index is 1110. The highest BCUT2D eigenvalue weighted by molar-refractivity contribution is 6.13. The molecule has 0 aliphatic heterocycles. The quantitative estimate of drug-likeness (QED) is 0.400. The zero-order valence-corrected chi connectivity index (χ0v) is 20.6. The minimum absolute atomic E-state index is 0.0978. The number of hydrogen-bond acceptors (Lipinski definition) is 7. The van der Waals surface area contributed by atoms with E-state index >= 15 is 0 Å². The fourth-order valence-corrected chi connectivity index (χ4v) is 6.07. The zero-order valence-electron chi connectivity index (χ0n) is 20.6. The molecule has 0 radical (unpaired) electrons. The summed E-state index contributed by atoms with van der Waals surface area (Å²) < 4.78 is 0. The lowest BCUT2D eigenvalue weighted by molar-refractivity contribution is -0.116. The van der Waals surface area contributed by atoms with Crippen LogP contribution in [0.2, 0.25) is 0 Å². The zero-order chi connectivity index (χ0) is 25.6. The molecule has 0 aromatic heterocycles. The summed E-state index contributed by atoms with van der Waals surface area (Å²) in [7, 11) is 0. The van der Waals surface area contributed by atoms with E-state index in [-0.39, 0.29) is 52.2 Å². The summed E-state index contributed by atoms with van der Waals surface area (Å²) in [5, 5.41) is 42.9. The number of primary amides is 1. The summed E-state index contributed by atoms with van der Waals surface area (Å²) in [4.78, 5) is 27.8. The Morgan fingerprint density at radius 3 is 2.54 bits per heavy atom. The number of allylic oxidation sites excluding steroid dienone is 2. The van der Waals surface area contributed by atoms with Crippen LogP contribution in [0.25, 0.3) is 0 Å². The number of Topliss-reactive ketones (excluding diaryl/α,β-unsaturated/α-hetero) is 1. The van der Waals surface area contributed by atoms with E-state index in [2.05, 4.69) is 25.7 Å². The number of phenols is 1. The maximum Gasteiger partial charge on any atom is 0.250 e. The van der Waals surface area contributed by atoms with Crippen molar-refractivity contribution in [1.82, 2.24) is 4.90 Å². The largest absolute Gasteiger partial charge is 0.512 e. The van der Waals surface area contributed by atoms with Gasteiger partial charge >= 0.3 is 0 Å². The highest BCUT2D eigenvalue weighted by Crippen LogP contribution is 2.50. The summed E-state index contributed by atoms with van der Waals surface area (Å²) in [5.41, 5.74) is 7.20. The van der Waals surface area contributed by atoms with Crippen molar-refractivity contribution < 1.29 is 30.0 Å². The van der Waals surface area contributed by atoms with Crippen molar-refractivity contribution in [3.63, 3.8) is 0 Å². The number of carbonyl (C=O) groups is 2. The molecule has 6 N–H and O–H groups in total. The molecule has 8 nitrogen and oxygen atoms in total. The summed E-state index contributed by atoms with van der Waals surface area (Å²) in [6, 6.07) is 3.41. The lowest BCUT2D eigenvalue weighted by Gasteiger charge is -2.43. The van der Waals surface area contributed by atoms with Gasteiger partial charge in [-0.1, -0.05) is 26.8 Å². The third-order valence-electron chi connectivity index (χ3n) is 7.94. The van der Waals surface area contributed by atoms with Gasteiger partial charge in [0.1, 0.15) is 17.3 Å². The van der Waals surface area contributed by atoms with E-state index < -0.39 is 23.7 Å². The van der Waals surface area contributed by atoms with Crippen LogP contribution in [0.3, 0.4) is 0 Å². The van der Waals surface area contributed by atoms with Crippen LogP contribution in [-0.2, 0) is 17.8 Å². The maximum atomic E-state index is 13.6. The maximum absolute atomic E-state index is 13.6. The molecule has 3 aliphatic carbocycles. The number of nitrogens with two attached hydrogens (primary N) is 1. The van der Waals surface area contributed by atoms with Gasteiger partial charge in [-0.3, -0.25) is 14.5 Å². The predicted octanol–water partition coefficient (Wildman–Crippen LogP) is 3.13. The van der Waals surface area contributed by atoms with Crippen molar-refractivity contribution in [2.75, 3.05) is 13.1 Å². The Morgan fingerprint density at radius 1 is 1.20 bits per heavy atom. The molecule has 4 unspecified atom stereocenters. The molecular formula is C27H36N2O6. The molecule has 35 heavy (non-hydrogen) atoms. The first-order chi connectivity index (χ1) is 16.5. The molecule has 4 rings (SSSR count). The van der Waals surface area contributed by atoms with Crippen molar-refractivity contribution in [2.45, 2.75) is 59.1 Å². The summed E-state index contributed by atoms with van der Waals surface area (Å²) in [5.74, 6) is -3.01. The molecule has 0 spiro atoms. The fourth-order valence-electron chi connectivity index (χ4n) is 6.07. The molecule has 1 aromatic carbocycles. The highest BCUT2D eigenvalue weighted by atomic mass is 16.3. The van der Waals surface area contributed by atoms with Crippen molar-refractivity contribution in [2.24, 2.45) is 29.4 Å². The van der Waals surface area contributed by atoms with Crippen LogP contribution in [0.1, 0.15) is 61.5 Å². The number of aliphatic hydroxyl groups excluding tert-OH is 3. The van der Waals surface area contributed by atoms with Gasteiger partial charge in [-0.25, -0.2) is 0 Å². The number of rotatable bonds is 7. The molecule has 1 aromatic rings. The summed E-state index contributed by atoms with van der Waals surface area (Å²) >= 11 is 0. The fraction of sp³-hybridized carbons (Fsp3) is 0.556. The molecule has 0 saturated carbocycles. The molecule has 0 heterocycles. The Morgan fingerprint density at radius 2 is 1.91 bits per heavy atom. The van der Waals surface area contributed by atoms with Crippen molar-refractivity contribution in [1.29, 1.82) is 0 Å². The Hall–Kier alpha value is -2.84. The summed E-state index contributed by atoms with van der Waals surface area (Å²) in [6.07, 6.45) is 0.598. The molecule has 8 heteroatoms. The average Bonchev–Trinajstić information content (AvgIpc) is 2.77. The normalized spacial score (nSPS) is 26.2. The number of phenolic OH excluding ortho intramolecular Hbond substituents is 1. The monoisotopic (exact) mass is 484 g/mol. The van der Waals surface area contributed by atoms with Gasteiger partial charge in [0.2, 0.25) is 0 Å². The SMILES string of the molecule is CCN(CCC(C)C)Cc1ccc(O)c2c1CC1CC3CC(O)=C(C(N)=O)C(O)C3C(O)=C1C2=O. The van der Waals surface area contributed by atoms with E-state index in [1.807, 2.05) is 6.07 Å². The molecule has 190 valence electrons. The molecule has 0 saturated heterocycles. The van der Waals surface area contributed by atoms with E-state index in [9.17, 15) is 30.0 Å². The number of aromatic hydroxyl groups is 1. The number of carbonyl (C=O) groups excluding carboxylic acids is 2. The number of ketones is 1. The number of hydrogen-bond donors (Lipinski definition) is 5. The number of nitrogens with zero attached hydrogens (tertiary/aromatic N) is 1. The summed E-state index contributed by atoms with van der Waals surface area (Å²) in [6.45, 7) is 8.93. The third-order valence-corrected chi connectivity index (χ3v) is 7.94. The molecule has 4 atom stereocenters. The first-order valence-electron chi connectivity index (χ1n) is 12.5. The van der Waals surface area contributed by atoms with E-state index in [4.69, 9.17) is 5.73 Å². The van der Waals surface area contributed by atoms with Crippen LogP contribution < -0.4 is 5.73 Å². The lowest BCUT2D eigenvalue weighted by atomic mass is 9.62. The number of amides is 1. The van der Waals surface area contributed by atoms with Gasteiger partial charge in [0.15, 0.2) is 5.78 Å². The van der Waals surface area contributed by atoms with Crippen molar-refractivity contribution >= 4 is 11.7 Å². The standard InChI is InChI=1S/C27H36N2O6/c1-4-29(8-7-13(2)3)12-14-5-6-18(30)22-17(14)10-15-9-16-11-19(31)23(27(28)35)26(34)21(16)24(32)20(15)25(22)33/h5-6,13,15-16,21,26,30-32,34H,4,7-12H2,1-3H3,(H2,28,35). The number of fused-ring (bicyclic) bond motifs is 3. The van der Waals surface area contributed by atoms with Gasteiger partial charge in [-0.2, -0.15) is 0 Å². The van der Waals surface area contributed by atoms with Gasteiger partial charge < -0.3 is 26.2 Å². The first kappa shape index (κ1) is 25.3. The second-order valence-electron chi connectivity index (χ2n) is 10.6. The number of aliphatic hydroxyl groups is 3. The smallest absolute Gasteiger partial charge is 0.250 e. The molecule has 3 aliphatic rings. The minimum atomic E-state index is -1.49. The van der Waals surface area contributed by atoms with E-state index in [1.54, 1.807) is 0 Å². The Kier molecular flexibility index (Phi) is 6.97. The average molecular weight is 485 g/mol. The van der Waals surface area contributed by atoms with Gasteiger partial charge in [-0.15, -0.1) is 0 Å². The second kappa shape index (κ2) is 9.66. The van der Waals surface area contributed by atoms with Gasteiger partial charge in [0.05, 0.1) is 23.2 Å². The second-order valence-corrected chi connectivity index (χ2v) is 10.6. The van der Waals surface area contributed by atoms with Crippen molar-refractivity contribution in [3.8, 4) is 5.75 Å². The molecular weight excluding hydrogens is 448 g/mol. The van der Waals surface area contributed by atoms with E-state index in [0.717, 1.165) is 30.6 Å². The van der Waals surface area contributed by atoms with Crippen molar-refractivity contribution in [3.05, 3.63) is 51.5 Å². The predicted molar refractivity (Wildman–Crippen MR) is 131 cm³/mol. The van der Waals surface area contributed by atoms with Crippen LogP contribution in [0.4, 0.5) is 0 Å². The van der Waals surface area contributed by atoms with E-state index in [0.29, 0.717) is 25.3 Å². The molecule has 0 fully saturated rings. The van der Waals surface area contributed by atoms with Gasteiger partial charge in [0, 0.05) is 18.5 Å². The minimum Gasteiger partial charge on any atom is -0.512 e. The highest BCUT2D eigenvalue weighted by Gasteiger charge is 2.50. The van der Waals surface area contributed by atoms with E-state index in [1.165, 1.54) is 6.07 Å². The Balaban J connectivity index is 1.72. The molecule has 0 bridgehead atoms. The molecule has 1 amide bonds. The van der Waals surface area contributed by atoms with Gasteiger partial charge in [0.25, 0.3) is 5.91 Å². The first-order valence-corrected chi connectivity index (χ1v) is 12.5. The lowest BCUT2D eigenvalue weighted by Crippen LogP contribution is -2.45. The topological polar surface area (TPSA) is 144 Å².